The number of nitrogens with one attached hydrogen (secondary N) is 1. The molecule has 0 fully saturated rings. The lowest BCUT2D eigenvalue weighted by Crippen LogP contribution is -2.27. The van der Waals surface area contributed by atoms with E-state index in [4.69, 9.17) is 16.3 Å². The first-order chi connectivity index (χ1) is 12.8. The Morgan fingerprint density at radius 2 is 1.81 bits per heavy atom. The first-order valence-corrected chi connectivity index (χ1v) is 10.2. The van der Waals surface area contributed by atoms with Crippen molar-refractivity contribution in [3.8, 4) is 0 Å². The molecule has 0 spiro atoms. The van der Waals surface area contributed by atoms with Crippen molar-refractivity contribution in [2.45, 2.75) is 24.7 Å². The SMILES string of the molecule is CCc1ccc(C(=O)COC(=O)CCNS(=O)(=O)c2cccc(Cl)c2)cc1. The summed E-state index contributed by atoms with van der Waals surface area (Å²) in [4.78, 5) is 23.7. The molecule has 2 aromatic carbocycles. The average molecular weight is 410 g/mol. The molecule has 6 nitrogen and oxygen atoms in total. The minimum Gasteiger partial charge on any atom is -0.457 e. The molecule has 0 aliphatic carbocycles. The zero-order valence-corrected chi connectivity index (χ0v) is 16.3. The van der Waals surface area contributed by atoms with E-state index >= 15 is 0 Å². The topological polar surface area (TPSA) is 89.5 Å². The predicted octanol–water partition coefficient (Wildman–Crippen LogP) is 3.00. The van der Waals surface area contributed by atoms with Crippen LogP contribution in [0.15, 0.2) is 53.4 Å². The third kappa shape index (κ3) is 6.46. The minimum atomic E-state index is -3.77. The van der Waals surface area contributed by atoms with Crippen molar-refractivity contribution in [1.29, 1.82) is 0 Å². The second kappa shape index (κ2) is 9.64. The van der Waals surface area contributed by atoms with Crippen LogP contribution in [0.4, 0.5) is 0 Å². The highest BCUT2D eigenvalue weighted by atomic mass is 35.5. The van der Waals surface area contributed by atoms with Gasteiger partial charge in [0.25, 0.3) is 0 Å². The second-order valence-electron chi connectivity index (χ2n) is 5.74. The van der Waals surface area contributed by atoms with E-state index in [9.17, 15) is 18.0 Å². The maximum Gasteiger partial charge on any atom is 0.307 e. The van der Waals surface area contributed by atoms with Crippen LogP contribution in [0.5, 0.6) is 0 Å². The third-order valence-corrected chi connectivity index (χ3v) is 5.47. The Morgan fingerprint density at radius 3 is 2.44 bits per heavy atom. The van der Waals surface area contributed by atoms with Gasteiger partial charge < -0.3 is 4.74 Å². The van der Waals surface area contributed by atoms with Gasteiger partial charge in [0.05, 0.1) is 11.3 Å². The maximum absolute atomic E-state index is 12.1. The van der Waals surface area contributed by atoms with Gasteiger partial charge in [-0.1, -0.05) is 48.9 Å². The molecule has 1 N–H and O–H groups in total. The lowest BCUT2D eigenvalue weighted by molar-refractivity contribution is -0.142. The van der Waals surface area contributed by atoms with Gasteiger partial charge in [-0.15, -0.1) is 0 Å². The molecule has 0 aliphatic heterocycles. The van der Waals surface area contributed by atoms with Crippen LogP contribution in [0.3, 0.4) is 0 Å². The molecule has 0 bridgehead atoms. The molecule has 0 amide bonds. The second-order valence-corrected chi connectivity index (χ2v) is 7.94. The number of sulfonamides is 1. The largest absolute Gasteiger partial charge is 0.457 e. The molecule has 0 radical (unpaired) electrons. The Bertz CT molecular complexity index is 910. The van der Waals surface area contributed by atoms with Crippen molar-refractivity contribution in [1.82, 2.24) is 4.72 Å². The Kier molecular flexibility index (Phi) is 7.53. The molecule has 8 heteroatoms. The summed E-state index contributed by atoms with van der Waals surface area (Å²) in [5.74, 6) is -0.979. The Labute approximate surface area is 163 Å². The van der Waals surface area contributed by atoms with E-state index in [0.717, 1.165) is 12.0 Å². The minimum absolute atomic E-state index is 0.00840. The predicted molar refractivity (Wildman–Crippen MR) is 102 cm³/mol. The number of benzene rings is 2. The number of ketones is 1. The van der Waals surface area contributed by atoms with Crippen LogP contribution >= 0.6 is 11.6 Å². The first kappa shape index (κ1) is 21.1. The Balaban J connectivity index is 1.78. The highest BCUT2D eigenvalue weighted by Crippen LogP contribution is 2.15. The van der Waals surface area contributed by atoms with Crippen LogP contribution in [0.25, 0.3) is 0 Å². The van der Waals surface area contributed by atoms with E-state index < -0.39 is 16.0 Å². The van der Waals surface area contributed by atoms with E-state index in [2.05, 4.69) is 4.72 Å². The molecule has 144 valence electrons. The number of hydrogen-bond acceptors (Lipinski definition) is 5. The van der Waals surface area contributed by atoms with E-state index in [1.165, 1.54) is 18.2 Å². The summed E-state index contributed by atoms with van der Waals surface area (Å²) in [7, 11) is -3.77. The summed E-state index contributed by atoms with van der Waals surface area (Å²) in [6, 6.07) is 12.9. The van der Waals surface area contributed by atoms with Crippen molar-refractivity contribution in [3.63, 3.8) is 0 Å². The standard InChI is InChI=1S/C19H20ClNO5S/c1-2-14-6-8-15(9-7-14)18(22)13-26-19(23)10-11-21-27(24,25)17-5-3-4-16(20)12-17/h3-9,12,21H,2,10-11,13H2,1H3. The normalized spacial score (nSPS) is 11.2. The molecule has 0 saturated carbocycles. The summed E-state index contributed by atoms with van der Waals surface area (Å²) >= 11 is 5.78. The monoisotopic (exact) mass is 409 g/mol. The van der Waals surface area contributed by atoms with Crippen molar-refractivity contribution < 1.29 is 22.7 Å². The van der Waals surface area contributed by atoms with Gasteiger partial charge in [0, 0.05) is 17.1 Å². The molecular weight excluding hydrogens is 390 g/mol. The van der Waals surface area contributed by atoms with Crippen LogP contribution < -0.4 is 4.72 Å². The van der Waals surface area contributed by atoms with Gasteiger partial charge >= 0.3 is 5.97 Å². The number of hydrogen-bond donors (Lipinski definition) is 1. The molecule has 0 atom stereocenters. The van der Waals surface area contributed by atoms with Gasteiger partial charge in [-0.3, -0.25) is 9.59 Å². The van der Waals surface area contributed by atoms with Gasteiger partial charge in [-0.25, -0.2) is 13.1 Å². The number of aryl methyl sites for hydroxylation is 1. The van der Waals surface area contributed by atoms with Gasteiger partial charge in [0.2, 0.25) is 10.0 Å². The zero-order chi connectivity index (χ0) is 19.9. The summed E-state index contributed by atoms with van der Waals surface area (Å²) in [6.45, 7) is 1.48. The van der Waals surface area contributed by atoms with E-state index in [1.54, 1.807) is 18.2 Å². The fourth-order valence-corrected chi connectivity index (χ4v) is 3.57. The van der Waals surface area contributed by atoms with Gasteiger partial charge in [-0.05, 0) is 30.2 Å². The summed E-state index contributed by atoms with van der Waals surface area (Å²) in [6.07, 6.45) is 0.677. The number of carbonyl (C=O) groups is 2. The van der Waals surface area contributed by atoms with Crippen LogP contribution in [-0.4, -0.2) is 33.3 Å². The number of rotatable bonds is 9. The molecule has 2 rings (SSSR count). The van der Waals surface area contributed by atoms with Crippen molar-refractivity contribution in [2.75, 3.05) is 13.2 Å². The fraction of sp³-hybridized carbons (Fsp3) is 0.263. The molecule has 0 heterocycles. The highest BCUT2D eigenvalue weighted by molar-refractivity contribution is 7.89. The van der Waals surface area contributed by atoms with Crippen molar-refractivity contribution in [2.24, 2.45) is 0 Å². The zero-order valence-electron chi connectivity index (χ0n) is 14.8. The molecule has 27 heavy (non-hydrogen) atoms. The van der Waals surface area contributed by atoms with E-state index in [1.807, 2.05) is 19.1 Å². The number of ether oxygens (including phenoxy) is 1. The van der Waals surface area contributed by atoms with Crippen LogP contribution in [-0.2, 0) is 26.0 Å². The lowest BCUT2D eigenvalue weighted by atomic mass is 10.1. The fourth-order valence-electron chi connectivity index (χ4n) is 2.23. The Hall–Kier alpha value is -2.22. The van der Waals surface area contributed by atoms with Gasteiger partial charge in [0.15, 0.2) is 12.4 Å². The molecule has 0 saturated heterocycles. The molecule has 2 aromatic rings. The van der Waals surface area contributed by atoms with Crippen molar-refractivity contribution >= 4 is 33.4 Å². The number of Topliss-reactive ketones (excluding diaryl/α,β-unsaturated/α-hetero) is 1. The summed E-state index contributed by atoms with van der Waals surface area (Å²) in [5.41, 5.74) is 1.57. The van der Waals surface area contributed by atoms with Crippen LogP contribution in [0.1, 0.15) is 29.3 Å². The van der Waals surface area contributed by atoms with Crippen LogP contribution in [0, 0.1) is 0 Å². The Morgan fingerprint density at radius 1 is 1.11 bits per heavy atom. The molecule has 0 aromatic heterocycles. The lowest BCUT2D eigenvalue weighted by Gasteiger charge is -2.08. The third-order valence-electron chi connectivity index (χ3n) is 3.78. The molecule has 0 aliphatic rings. The first-order valence-electron chi connectivity index (χ1n) is 8.35. The quantitative estimate of drug-likeness (QED) is 0.508. The average Bonchev–Trinajstić information content (AvgIpc) is 2.66. The summed E-state index contributed by atoms with van der Waals surface area (Å²) < 4.78 is 31.4. The highest BCUT2D eigenvalue weighted by Gasteiger charge is 2.15. The van der Waals surface area contributed by atoms with Gasteiger partial charge in [0.1, 0.15) is 0 Å². The summed E-state index contributed by atoms with van der Waals surface area (Å²) in [5, 5.41) is 0.294. The number of carbonyl (C=O) groups excluding carboxylic acids is 2. The van der Waals surface area contributed by atoms with E-state index in [-0.39, 0.29) is 30.3 Å². The number of halogens is 1. The van der Waals surface area contributed by atoms with Crippen molar-refractivity contribution in [3.05, 3.63) is 64.7 Å². The molecular formula is C19H20ClNO5S. The number of esters is 1. The smallest absolute Gasteiger partial charge is 0.307 e. The van der Waals surface area contributed by atoms with Crippen LogP contribution in [0.2, 0.25) is 5.02 Å². The maximum atomic E-state index is 12.1. The van der Waals surface area contributed by atoms with E-state index in [0.29, 0.717) is 10.6 Å². The van der Waals surface area contributed by atoms with Gasteiger partial charge in [-0.2, -0.15) is 0 Å². The molecule has 0 unspecified atom stereocenters.